The quantitative estimate of drug-likeness (QED) is 0.566. The van der Waals surface area contributed by atoms with E-state index in [0.717, 1.165) is 11.4 Å². The second kappa shape index (κ2) is 6.07. The predicted octanol–water partition coefficient (Wildman–Crippen LogP) is 1.83. The van der Waals surface area contributed by atoms with Gasteiger partial charge in [0, 0.05) is 35.6 Å². The van der Waals surface area contributed by atoms with Crippen molar-refractivity contribution in [2.75, 3.05) is 25.0 Å². The molecule has 2 aromatic rings. The molecule has 0 atom stereocenters. The molecular formula is C13H17N5O2. The average Bonchev–Trinajstić information content (AvgIpc) is 2.46. The van der Waals surface area contributed by atoms with Crippen molar-refractivity contribution in [2.24, 2.45) is 5.84 Å². The van der Waals surface area contributed by atoms with E-state index in [0.29, 0.717) is 23.3 Å². The molecule has 0 aliphatic rings. The summed E-state index contributed by atoms with van der Waals surface area (Å²) in [5, 5.41) is 3.16. The summed E-state index contributed by atoms with van der Waals surface area (Å²) >= 11 is 0. The highest BCUT2D eigenvalue weighted by molar-refractivity contribution is 5.62. The van der Waals surface area contributed by atoms with Gasteiger partial charge in [-0.15, -0.1) is 0 Å². The van der Waals surface area contributed by atoms with Crippen LogP contribution >= 0.6 is 0 Å². The molecule has 4 N–H and O–H groups in total. The Morgan fingerprint density at radius 2 is 1.65 bits per heavy atom. The minimum Gasteiger partial charge on any atom is -0.497 e. The van der Waals surface area contributed by atoms with Crippen molar-refractivity contribution in [1.29, 1.82) is 0 Å². The lowest BCUT2D eigenvalue weighted by atomic mass is 10.2. The third kappa shape index (κ3) is 3.27. The minimum atomic E-state index is 0.349. The number of nitrogen functional groups attached to an aromatic ring is 1. The molecule has 7 heteroatoms. The van der Waals surface area contributed by atoms with Crippen LogP contribution in [-0.2, 0) is 0 Å². The van der Waals surface area contributed by atoms with Gasteiger partial charge in [-0.25, -0.2) is 10.8 Å². The molecule has 2 rings (SSSR count). The van der Waals surface area contributed by atoms with E-state index in [2.05, 4.69) is 20.7 Å². The summed E-state index contributed by atoms with van der Waals surface area (Å²) in [5.74, 6) is 7.68. The zero-order chi connectivity index (χ0) is 14.5. The number of hydrogen-bond acceptors (Lipinski definition) is 7. The number of methoxy groups -OCH3 is 2. The van der Waals surface area contributed by atoms with Gasteiger partial charge in [0.15, 0.2) is 0 Å². The molecular weight excluding hydrogens is 258 g/mol. The van der Waals surface area contributed by atoms with Gasteiger partial charge in [-0.1, -0.05) is 0 Å². The highest BCUT2D eigenvalue weighted by atomic mass is 16.5. The Bertz CT molecular complexity index is 581. The number of aryl methyl sites for hydroxylation is 1. The number of nitrogens with one attached hydrogen (secondary N) is 2. The maximum Gasteiger partial charge on any atom is 0.239 e. The lowest BCUT2D eigenvalue weighted by Gasteiger charge is -2.11. The Morgan fingerprint density at radius 1 is 1.00 bits per heavy atom. The van der Waals surface area contributed by atoms with E-state index in [9.17, 15) is 0 Å². The van der Waals surface area contributed by atoms with Crippen LogP contribution in [0.5, 0.6) is 11.5 Å². The van der Waals surface area contributed by atoms with E-state index in [1.54, 1.807) is 20.3 Å². The van der Waals surface area contributed by atoms with Crippen molar-refractivity contribution >= 4 is 17.5 Å². The molecule has 106 valence electrons. The fourth-order valence-electron chi connectivity index (χ4n) is 1.72. The standard InChI is InChI=1S/C13H17N5O2/c1-8-4-12(17-13(15-8)18-14)16-9-5-10(19-2)7-11(6-9)20-3/h4-7H,14H2,1-3H3,(H2,15,16,17,18). The number of nitrogens with zero attached hydrogens (tertiary/aromatic N) is 2. The Labute approximate surface area is 117 Å². The molecule has 0 radical (unpaired) electrons. The first-order chi connectivity index (χ1) is 9.64. The van der Waals surface area contributed by atoms with E-state index >= 15 is 0 Å². The Hall–Kier alpha value is -2.54. The average molecular weight is 275 g/mol. The van der Waals surface area contributed by atoms with E-state index in [-0.39, 0.29) is 0 Å². The number of hydrazine groups is 1. The SMILES string of the molecule is COc1cc(Nc2cc(C)nc(NN)n2)cc(OC)c1. The van der Waals surface area contributed by atoms with Gasteiger partial charge in [-0.3, -0.25) is 5.43 Å². The van der Waals surface area contributed by atoms with Crippen molar-refractivity contribution < 1.29 is 9.47 Å². The van der Waals surface area contributed by atoms with Crippen LogP contribution in [-0.4, -0.2) is 24.2 Å². The zero-order valence-corrected chi connectivity index (χ0v) is 11.6. The highest BCUT2D eigenvalue weighted by Gasteiger charge is 2.05. The minimum absolute atomic E-state index is 0.349. The molecule has 0 fully saturated rings. The summed E-state index contributed by atoms with van der Waals surface area (Å²) in [6, 6.07) is 7.29. The first-order valence-corrected chi connectivity index (χ1v) is 5.97. The van der Waals surface area contributed by atoms with Gasteiger partial charge in [0.2, 0.25) is 5.95 Å². The van der Waals surface area contributed by atoms with E-state index in [4.69, 9.17) is 15.3 Å². The summed E-state index contributed by atoms with van der Waals surface area (Å²) in [5.41, 5.74) is 4.02. The van der Waals surface area contributed by atoms with Crippen LogP contribution in [0.3, 0.4) is 0 Å². The van der Waals surface area contributed by atoms with Gasteiger partial charge in [0.05, 0.1) is 14.2 Å². The van der Waals surface area contributed by atoms with Crippen molar-refractivity contribution in [3.63, 3.8) is 0 Å². The van der Waals surface area contributed by atoms with Gasteiger partial charge in [0.25, 0.3) is 0 Å². The molecule has 0 bridgehead atoms. The Balaban J connectivity index is 2.31. The fraction of sp³-hybridized carbons (Fsp3) is 0.231. The van der Waals surface area contributed by atoms with Crippen LogP contribution in [0.25, 0.3) is 0 Å². The number of nitrogens with two attached hydrogens (primary N) is 1. The van der Waals surface area contributed by atoms with Crippen LogP contribution < -0.4 is 26.1 Å². The first kappa shape index (κ1) is 13.9. The third-order valence-electron chi connectivity index (χ3n) is 2.61. The second-order valence-corrected chi connectivity index (χ2v) is 4.09. The largest absolute Gasteiger partial charge is 0.497 e. The summed E-state index contributed by atoms with van der Waals surface area (Å²) in [6.45, 7) is 1.86. The molecule has 0 spiro atoms. The Morgan fingerprint density at radius 3 is 2.20 bits per heavy atom. The number of rotatable bonds is 5. The van der Waals surface area contributed by atoms with Gasteiger partial charge in [-0.05, 0) is 6.92 Å². The number of anilines is 3. The molecule has 0 saturated heterocycles. The monoisotopic (exact) mass is 275 g/mol. The smallest absolute Gasteiger partial charge is 0.239 e. The lowest BCUT2D eigenvalue weighted by Crippen LogP contribution is -2.11. The molecule has 1 aromatic heterocycles. The maximum atomic E-state index is 5.33. The molecule has 0 saturated carbocycles. The molecule has 1 heterocycles. The van der Waals surface area contributed by atoms with Gasteiger partial charge >= 0.3 is 0 Å². The molecule has 0 aliphatic carbocycles. The number of aromatic nitrogens is 2. The Kier molecular flexibility index (Phi) is 4.21. The first-order valence-electron chi connectivity index (χ1n) is 5.97. The molecule has 0 amide bonds. The topological polar surface area (TPSA) is 94.3 Å². The fourth-order valence-corrected chi connectivity index (χ4v) is 1.72. The number of hydrogen-bond donors (Lipinski definition) is 3. The van der Waals surface area contributed by atoms with Crippen LogP contribution in [0.15, 0.2) is 24.3 Å². The molecule has 1 aromatic carbocycles. The lowest BCUT2D eigenvalue weighted by molar-refractivity contribution is 0.395. The summed E-state index contributed by atoms with van der Waals surface area (Å²) in [4.78, 5) is 8.34. The zero-order valence-electron chi connectivity index (χ0n) is 11.6. The van der Waals surface area contributed by atoms with Gasteiger partial charge < -0.3 is 14.8 Å². The maximum absolute atomic E-state index is 5.33. The molecule has 20 heavy (non-hydrogen) atoms. The van der Waals surface area contributed by atoms with Crippen molar-refractivity contribution in [1.82, 2.24) is 9.97 Å². The van der Waals surface area contributed by atoms with Gasteiger partial charge in [-0.2, -0.15) is 4.98 Å². The number of ether oxygens (including phenoxy) is 2. The van der Waals surface area contributed by atoms with Crippen LogP contribution in [0, 0.1) is 6.92 Å². The summed E-state index contributed by atoms with van der Waals surface area (Å²) < 4.78 is 10.4. The summed E-state index contributed by atoms with van der Waals surface area (Å²) in [7, 11) is 3.20. The molecule has 0 aliphatic heterocycles. The van der Waals surface area contributed by atoms with Crippen LogP contribution in [0.2, 0.25) is 0 Å². The van der Waals surface area contributed by atoms with Crippen LogP contribution in [0.1, 0.15) is 5.69 Å². The second-order valence-electron chi connectivity index (χ2n) is 4.09. The van der Waals surface area contributed by atoms with Crippen molar-refractivity contribution in [3.05, 3.63) is 30.0 Å². The predicted molar refractivity (Wildman–Crippen MR) is 77.4 cm³/mol. The summed E-state index contributed by atoms with van der Waals surface area (Å²) in [6.07, 6.45) is 0. The van der Waals surface area contributed by atoms with Crippen molar-refractivity contribution in [2.45, 2.75) is 6.92 Å². The van der Waals surface area contributed by atoms with Crippen molar-refractivity contribution in [3.8, 4) is 11.5 Å². The van der Waals surface area contributed by atoms with E-state index < -0.39 is 0 Å². The van der Waals surface area contributed by atoms with Gasteiger partial charge in [0.1, 0.15) is 17.3 Å². The molecule has 0 unspecified atom stereocenters. The number of benzene rings is 1. The third-order valence-corrected chi connectivity index (χ3v) is 2.61. The van der Waals surface area contributed by atoms with Crippen LogP contribution in [0.4, 0.5) is 17.5 Å². The highest BCUT2D eigenvalue weighted by Crippen LogP contribution is 2.27. The van der Waals surface area contributed by atoms with E-state index in [1.807, 2.05) is 25.1 Å². The molecule has 7 nitrogen and oxygen atoms in total. The normalized spacial score (nSPS) is 10.0. The van der Waals surface area contributed by atoms with E-state index in [1.165, 1.54) is 0 Å².